The maximum atomic E-state index is 13.9. The van der Waals surface area contributed by atoms with E-state index in [9.17, 15) is 14.0 Å². The van der Waals surface area contributed by atoms with Crippen LogP contribution in [0.5, 0.6) is 5.75 Å². The van der Waals surface area contributed by atoms with Gasteiger partial charge in [-0.3, -0.25) is 9.59 Å². The lowest BCUT2D eigenvalue weighted by Gasteiger charge is -2.14. The molecule has 28 heavy (non-hydrogen) atoms. The van der Waals surface area contributed by atoms with E-state index in [2.05, 4.69) is 10.6 Å². The summed E-state index contributed by atoms with van der Waals surface area (Å²) in [5, 5.41) is 6.99. The molecular weight excluding hydrogens is 359 g/mol. The van der Waals surface area contributed by atoms with Crippen molar-refractivity contribution in [3.8, 4) is 5.75 Å². The van der Waals surface area contributed by atoms with Crippen molar-refractivity contribution >= 4 is 28.3 Å². The maximum absolute atomic E-state index is 13.9. The predicted octanol–water partition coefficient (Wildman–Crippen LogP) is 4.13. The van der Waals surface area contributed by atoms with Gasteiger partial charge in [0, 0.05) is 6.04 Å². The molecule has 0 aliphatic heterocycles. The van der Waals surface area contributed by atoms with Gasteiger partial charge in [-0.2, -0.15) is 0 Å². The normalized spacial score (nSPS) is 10.7. The summed E-state index contributed by atoms with van der Waals surface area (Å²) in [5.41, 5.74) is 0.295. The van der Waals surface area contributed by atoms with Crippen LogP contribution in [0, 0.1) is 5.82 Å². The molecule has 2 amide bonds. The molecule has 0 saturated carbocycles. The van der Waals surface area contributed by atoms with Crippen LogP contribution in [-0.2, 0) is 4.79 Å². The zero-order valence-electron chi connectivity index (χ0n) is 15.7. The second-order valence-electron chi connectivity index (χ2n) is 6.64. The monoisotopic (exact) mass is 380 g/mol. The molecule has 0 saturated heterocycles. The lowest BCUT2D eigenvalue weighted by Crippen LogP contribution is -2.34. The lowest BCUT2D eigenvalue weighted by molar-refractivity contribution is -0.123. The second-order valence-corrected chi connectivity index (χ2v) is 6.64. The fourth-order valence-corrected chi connectivity index (χ4v) is 2.78. The third-order valence-electron chi connectivity index (χ3n) is 4.02. The fraction of sp³-hybridized carbons (Fsp3) is 0.182. The summed E-state index contributed by atoms with van der Waals surface area (Å²) < 4.78 is 19.5. The largest absolute Gasteiger partial charge is 0.483 e. The number of ether oxygens (including phenoxy) is 1. The molecule has 0 fully saturated rings. The van der Waals surface area contributed by atoms with Crippen LogP contribution in [0.25, 0.3) is 10.8 Å². The number of fused-ring (bicyclic) bond motifs is 1. The zero-order chi connectivity index (χ0) is 20.1. The van der Waals surface area contributed by atoms with Crippen molar-refractivity contribution in [2.75, 3.05) is 11.9 Å². The van der Waals surface area contributed by atoms with Gasteiger partial charge in [0.25, 0.3) is 11.8 Å². The van der Waals surface area contributed by atoms with Gasteiger partial charge in [0.05, 0.1) is 11.3 Å². The molecule has 0 aliphatic rings. The lowest BCUT2D eigenvalue weighted by atomic mass is 10.1. The number of halogens is 1. The number of nitrogens with one attached hydrogen (secondary N) is 2. The van der Waals surface area contributed by atoms with Crippen LogP contribution in [0.2, 0.25) is 0 Å². The number of carbonyl (C=O) groups is 2. The van der Waals surface area contributed by atoms with Crippen LogP contribution in [0.4, 0.5) is 10.1 Å². The molecule has 5 nitrogen and oxygen atoms in total. The number of benzene rings is 3. The van der Waals surface area contributed by atoms with Gasteiger partial charge >= 0.3 is 0 Å². The van der Waals surface area contributed by atoms with Crippen LogP contribution >= 0.6 is 0 Å². The molecular formula is C22H21FN2O3. The molecule has 3 aromatic rings. The highest BCUT2D eigenvalue weighted by Gasteiger charge is 2.17. The number of rotatable bonds is 6. The number of hydrogen-bond acceptors (Lipinski definition) is 3. The molecule has 0 bridgehead atoms. The van der Waals surface area contributed by atoms with Gasteiger partial charge in [0.1, 0.15) is 11.6 Å². The van der Waals surface area contributed by atoms with Crippen molar-refractivity contribution in [3.63, 3.8) is 0 Å². The van der Waals surface area contributed by atoms with E-state index in [0.29, 0.717) is 0 Å². The minimum Gasteiger partial charge on any atom is -0.483 e. The summed E-state index contributed by atoms with van der Waals surface area (Å²) in [4.78, 5) is 24.7. The van der Waals surface area contributed by atoms with Gasteiger partial charge in [-0.05, 0) is 48.9 Å². The molecule has 0 aromatic heterocycles. The van der Waals surface area contributed by atoms with Crippen molar-refractivity contribution in [1.82, 2.24) is 5.32 Å². The van der Waals surface area contributed by atoms with Gasteiger partial charge in [-0.15, -0.1) is 0 Å². The molecule has 0 atom stereocenters. The average Bonchev–Trinajstić information content (AvgIpc) is 2.67. The third-order valence-corrected chi connectivity index (χ3v) is 4.02. The summed E-state index contributed by atoms with van der Waals surface area (Å²) in [6.45, 7) is 3.47. The van der Waals surface area contributed by atoms with Crippen LogP contribution in [0.15, 0.2) is 60.7 Å². The first kappa shape index (κ1) is 19.4. The van der Waals surface area contributed by atoms with Gasteiger partial charge in [-0.25, -0.2) is 4.39 Å². The highest BCUT2D eigenvalue weighted by Crippen LogP contribution is 2.27. The Morgan fingerprint density at radius 3 is 2.32 bits per heavy atom. The second kappa shape index (κ2) is 8.52. The molecule has 0 heterocycles. The summed E-state index contributed by atoms with van der Waals surface area (Å²) >= 11 is 0. The Morgan fingerprint density at radius 2 is 1.64 bits per heavy atom. The van der Waals surface area contributed by atoms with E-state index in [4.69, 9.17) is 4.74 Å². The first-order chi connectivity index (χ1) is 13.4. The molecule has 3 rings (SSSR count). The van der Waals surface area contributed by atoms with Crippen LogP contribution in [0.1, 0.15) is 24.2 Å². The van der Waals surface area contributed by atoms with Crippen LogP contribution in [0.3, 0.4) is 0 Å². The van der Waals surface area contributed by atoms with E-state index < -0.39 is 11.7 Å². The molecule has 3 aromatic carbocycles. The maximum Gasteiger partial charge on any atom is 0.259 e. The van der Waals surface area contributed by atoms with E-state index in [0.717, 1.165) is 10.8 Å². The highest BCUT2D eigenvalue weighted by atomic mass is 19.1. The Labute approximate surface area is 162 Å². The SMILES string of the molecule is CC(C)NC(=O)COc1cc2ccccc2cc1C(=O)Nc1ccccc1F. The number of hydrogen-bond donors (Lipinski definition) is 2. The Kier molecular flexibility index (Phi) is 5.89. The van der Waals surface area contributed by atoms with Crippen molar-refractivity contribution in [2.24, 2.45) is 0 Å². The Morgan fingerprint density at radius 1 is 1.00 bits per heavy atom. The Hall–Kier alpha value is -3.41. The molecule has 6 heteroatoms. The number of anilines is 1. The van der Waals surface area contributed by atoms with E-state index in [1.807, 2.05) is 38.1 Å². The van der Waals surface area contributed by atoms with Crippen molar-refractivity contribution < 1.29 is 18.7 Å². The van der Waals surface area contributed by atoms with Gasteiger partial charge in [0.15, 0.2) is 6.61 Å². The van der Waals surface area contributed by atoms with Gasteiger partial charge in [-0.1, -0.05) is 36.4 Å². The zero-order valence-corrected chi connectivity index (χ0v) is 15.7. The summed E-state index contributed by atoms with van der Waals surface area (Å²) in [7, 11) is 0. The van der Waals surface area contributed by atoms with E-state index >= 15 is 0 Å². The third kappa shape index (κ3) is 4.65. The summed E-state index contributed by atoms with van der Waals surface area (Å²) in [6, 6.07) is 16.8. The van der Waals surface area contributed by atoms with E-state index in [-0.39, 0.29) is 35.6 Å². The Balaban J connectivity index is 1.91. The van der Waals surface area contributed by atoms with Crippen molar-refractivity contribution in [3.05, 3.63) is 72.0 Å². The fourth-order valence-electron chi connectivity index (χ4n) is 2.78. The Bertz CT molecular complexity index is 1020. The quantitative estimate of drug-likeness (QED) is 0.676. The van der Waals surface area contributed by atoms with E-state index in [1.165, 1.54) is 12.1 Å². The van der Waals surface area contributed by atoms with Crippen molar-refractivity contribution in [2.45, 2.75) is 19.9 Å². The van der Waals surface area contributed by atoms with Crippen LogP contribution in [-0.4, -0.2) is 24.5 Å². The van der Waals surface area contributed by atoms with E-state index in [1.54, 1.807) is 24.3 Å². The average molecular weight is 380 g/mol. The van der Waals surface area contributed by atoms with Crippen molar-refractivity contribution in [1.29, 1.82) is 0 Å². The molecule has 0 unspecified atom stereocenters. The number of para-hydroxylation sites is 1. The summed E-state index contributed by atoms with van der Waals surface area (Å²) in [6.07, 6.45) is 0. The molecule has 0 radical (unpaired) electrons. The first-order valence-electron chi connectivity index (χ1n) is 8.95. The smallest absolute Gasteiger partial charge is 0.259 e. The number of amides is 2. The molecule has 2 N–H and O–H groups in total. The molecule has 144 valence electrons. The molecule has 0 aliphatic carbocycles. The van der Waals surface area contributed by atoms with Gasteiger partial charge in [0.2, 0.25) is 0 Å². The number of carbonyl (C=O) groups excluding carboxylic acids is 2. The predicted molar refractivity (Wildman–Crippen MR) is 107 cm³/mol. The van der Waals surface area contributed by atoms with Crippen LogP contribution < -0.4 is 15.4 Å². The topological polar surface area (TPSA) is 67.4 Å². The standard InChI is InChI=1S/C22H21FN2O3/c1-14(2)24-21(26)13-28-20-12-16-8-4-3-7-15(16)11-17(20)22(27)25-19-10-6-5-9-18(19)23/h3-12,14H,13H2,1-2H3,(H,24,26)(H,25,27). The highest BCUT2D eigenvalue weighted by molar-refractivity contribution is 6.08. The minimum atomic E-state index is -0.532. The van der Waals surface area contributed by atoms with Gasteiger partial charge < -0.3 is 15.4 Å². The minimum absolute atomic E-state index is 0.0171. The first-order valence-corrected chi connectivity index (χ1v) is 8.95. The molecule has 0 spiro atoms. The summed E-state index contributed by atoms with van der Waals surface area (Å²) in [5.74, 6) is -1.08.